The zero-order valence-corrected chi connectivity index (χ0v) is 13.2. The second kappa shape index (κ2) is 5.52. The van der Waals surface area contributed by atoms with Crippen LogP contribution in [0.1, 0.15) is 24.9 Å². The number of carbonyl (C=O) groups excluding carboxylic acids is 2. The van der Waals surface area contributed by atoms with Crippen molar-refractivity contribution in [2.45, 2.75) is 19.4 Å². The molecule has 0 saturated heterocycles. The maximum absolute atomic E-state index is 12.6. The Labute approximate surface area is 131 Å². The minimum absolute atomic E-state index is 0.00673. The van der Waals surface area contributed by atoms with Gasteiger partial charge in [0.05, 0.1) is 23.9 Å². The van der Waals surface area contributed by atoms with E-state index in [0.717, 1.165) is 22.2 Å². The van der Waals surface area contributed by atoms with Gasteiger partial charge in [-0.2, -0.15) is 0 Å². The first-order valence-electron chi connectivity index (χ1n) is 6.95. The smallest absolute Gasteiger partial charge is 0.319 e. The molecule has 2 heterocycles. The van der Waals surface area contributed by atoms with Gasteiger partial charge in [-0.1, -0.05) is 35.0 Å². The largest absolute Gasteiger partial charge is 0.333 e. The number of nitrogens with one attached hydrogen (secondary N) is 2. The molecule has 1 unspecified atom stereocenters. The molecule has 0 aromatic heterocycles. The molecule has 1 aromatic rings. The molecule has 0 spiro atoms. The van der Waals surface area contributed by atoms with Crippen molar-refractivity contribution in [3.8, 4) is 0 Å². The first-order valence-corrected chi connectivity index (χ1v) is 7.74. The number of rotatable bonds is 3. The van der Waals surface area contributed by atoms with Crippen LogP contribution in [0.2, 0.25) is 0 Å². The highest BCUT2D eigenvalue weighted by atomic mass is 79.9. The third-order valence-corrected chi connectivity index (χ3v) is 4.25. The van der Waals surface area contributed by atoms with Gasteiger partial charge in [-0.15, -0.1) is 0 Å². The minimum atomic E-state index is -0.379. The van der Waals surface area contributed by atoms with Gasteiger partial charge in [-0.25, -0.2) is 4.79 Å². The fourth-order valence-electron chi connectivity index (χ4n) is 2.78. The van der Waals surface area contributed by atoms with Crippen LogP contribution in [-0.4, -0.2) is 29.9 Å². The maximum Gasteiger partial charge on any atom is 0.319 e. The Hall–Kier alpha value is -1.82. The molecule has 3 amide bonds. The fourth-order valence-corrected chi connectivity index (χ4v) is 3.05. The third kappa shape index (κ3) is 2.55. The van der Waals surface area contributed by atoms with Gasteiger partial charge in [-0.05, 0) is 24.1 Å². The molecule has 1 aromatic carbocycles. The van der Waals surface area contributed by atoms with Gasteiger partial charge in [0, 0.05) is 11.0 Å². The van der Waals surface area contributed by atoms with Gasteiger partial charge in [0.1, 0.15) is 0 Å². The molecule has 0 aliphatic carbocycles. The zero-order valence-electron chi connectivity index (χ0n) is 11.6. The lowest BCUT2D eigenvalue weighted by Gasteiger charge is -2.25. The van der Waals surface area contributed by atoms with Crippen molar-refractivity contribution in [1.29, 1.82) is 0 Å². The lowest BCUT2D eigenvalue weighted by Crippen LogP contribution is -2.44. The highest BCUT2D eigenvalue weighted by Gasteiger charge is 2.39. The molecule has 0 fully saturated rings. The van der Waals surface area contributed by atoms with E-state index in [4.69, 9.17) is 0 Å². The Balaban J connectivity index is 1.96. The van der Waals surface area contributed by atoms with E-state index < -0.39 is 0 Å². The molecule has 2 N–H and O–H groups in total. The van der Waals surface area contributed by atoms with Gasteiger partial charge < -0.3 is 15.5 Å². The van der Waals surface area contributed by atoms with Crippen LogP contribution in [0.5, 0.6) is 0 Å². The summed E-state index contributed by atoms with van der Waals surface area (Å²) >= 11 is 3.39. The van der Waals surface area contributed by atoms with Crippen molar-refractivity contribution in [2.24, 2.45) is 0 Å². The molecule has 2 aliphatic heterocycles. The summed E-state index contributed by atoms with van der Waals surface area (Å²) in [7, 11) is 0. The Kier molecular flexibility index (Phi) is 3.71. The van der Waals surface area contributed by atoms with Crippen LogP contribution in [0.3, 0.4) is 0 Å². The summed E-state index contributed by atoms with van der Waals surface area (Å²) in [6, 6.07) is 7.02. The van der Waals surface area contributed by atoms with E-state index in [0.29, 0.717) is 18.7 Å². The van der Waals surface area contributed by atoms with Crippen molar-refractivity contribution in [2.75, 3.05) is 13.1 Å². The summed E-state index contributed by atoms with van der Waals surface area (Å²) in [4.78, 5) is 26.2. The summed E-state index contributed by atoms with van der Waals surface area (Å²) in [5, 5.41) is 5.61. The van der Waals surface area contributed by atoms with Crippen LogP contribution < -0.4 is 10.6 Å². The van der Waals surface area contributed by atoms with Crippen LogP contribution in [0.15, 0.2) is 40.0 Å². The summed E-state index contributed by atoms with van der Waals surface area (Å²) in [5.74, 6) is 0.00673. The zero-order chi connectivity index (χ0) is 15.0. The molecule has 21 heavy (non-hydrogen) atoms. The molecule has 2 aliphatic rings. The molecule has 110 valence electrons. The second-order valence-electron chi connectivity index (χ2n) is 5.20. The van der Waals surface area contributed by atoms with Gasteiger partial charge in [-0.3, -0.25) is 4.79 Å². The highest BCUT2D eigenvalue weighted by molar-refractivity contribution is 9.10. The number of hydrogen-bond donors (Lipinski definition) is 2. The van der Waals surface area contributed by atoms with Crippen molar-refractivity contribution >= 4 is 27.9 Å². The first-order chi connectivity index (χ1) is 10.1. The van der Waals surface area contributed by atoms with Crippen molar-refractivity contribution in [1.82, 2.24) is 15.5 Å². The Morgan fingerprint density at radius 3 is 2.67 bits per heavy atom. The summed E-state index contributed by atoms with van der Waals surface area (Å²) < 4.78 is 0.964. The van der Waals surface area contributed by atoms with Gasteiger partial charge in [0.15, 0.2) is 0 Å². The van der Waals surface area contributed by atoms with Crippen LogP contribution >= 0.6 is 15.9 Å². The Morgan fingerprint density at radius 1 is 1.29 bits per heavy atom. The van der Waals surface area contributed by atoms with E-state index in [1.807, 2.05) is 31.2 Å². The molecule has 1 atom stereocenters. The average Bonchev–Trinajstić information content (AvgIpc) is 2.76. The quantitative estimate of drug-likeness (QED) is 0.879. The van der Waals surface area contributed by atoms with Crippen molar-refractivity contribution in [3.63, 3.8) is 0 Å². The van der Waals surface area contributed by atoms with Crippen molar-refractivity contribution in [3.05, 3.63) is 45.6 Å². The van der Waals surface area contributed by atoms with Crippen LogP contribution in [0.4, 0.5) is 4.79 Å². The van der Waals surface area contributed by atoms with Crippen LogP contribution in [0, 0.1) is 0 Å². The second-order valence-corrected chi connectivity index (χ2v) is 6.12. The molecular formula is C15H16BrN3O2. The Morgan fingerprint density at radius 2 is 2.00 bits per heavy atom. The van der Waals surface area contributed by atoms with Gasteiger partial charge >= 0.3 is 6.03 Å². The van der Waals surface area contributed by atoms with E-state index in [1.165, 1.54) is 0 Å². The summed E-state index contributed by atoms with van der Waals surface area (Å²) in [5.41, 5.74) is 2.29. The van der Waals surface area contributed by atoms with Gasteiger partial charge in [0.2, 0.25) is 0 Å². The number of hydrogen-bond acceptors (Lipinski definition) is 2. The third-order valence-electron chi connectivity index (χ3n) is 3.72. The topological polar surface area (TPSA) is 61.4 Å². The molecule has 3 rings (SSSR count). The molecule has 0 bridgehead atoms. The molecule has 6 heteroatoms. The fraction of sp³-hybridized carbons (Fsp3) is 0.333. The molecular weight excluding hydrogens is 334 g/mol. The van der Waals surface area contributed by atoms with E-state index in [1.54, 1.807) is 4.90 Å². The monoisotopic (exact) mass is 349 g/mol. The molecule has 5 nitrogen and oxygen atoms in total. The number of carbonyl (C=O) groups is 2. The molecule has 0 radical (unpaired) electrons. The van der Waals surface area contributed by atoms with E-state index in [9.17, 15) is 9.59 Å². The average molecular weight is 350 g/mol. The SMILES string of the molecule is CCCN1CC2=C(C1=O)C(c1ccc(Br)cc1)NC(=O)N2. The van der Waals surface area contributed by atoms with Crippen molar-refractivity contribution < 1.29 is 9.59 Å². The number of urea groups is 1. The lowest BCUT2D eigenvalue weighted by molar-refractivity contribution is -0.125. The number of benzene rings is 1. The minimum Gasteiger partial charge on any atom is -0.333 e. The first kappa shape index (κ1) is 14.1. The maximum atomic E-state index is 12.6. The number of nitrogens with zero attached hydrogens (tertiary/aromatic N) is 1. The summed E-state index contributed by atoms with van der Waals surface area (Å²) in [6.07, 6.45) is 0.899. The standard InChI is InChI=1S/C15H16BrN3O2/c1-2-7-19-8-11-12(14(19)20)13(18-15(21)17-11)9-3-5-10(16)6-4-9/h3-6,13H,2,7-8H2,1H3,(H2,17,18,21). The number of amides is 3. The van der Waals surface area contributed by atoms with Crippen LogP contribution in [-0.2, 0) is 4.79 Å². The Bertz CT molecular complexity index is 624. The van der Waals surface area contributed by atoms with E-state index >= 15 is 0 Å². The number of halogens is 1. The summed E-state index contributed by atoms with van der Waals surface area (Å²) in [6.45, 7) is 3.23. The molecule has 0 saturated carbocycles. The van der Waals surface area contributed by atoms with Crippen LogP contribution in [0.25, 0.3) is 0 Å². The lowest BCUT2D eigenvalue weighted by atomic mass is 9.96. The predicted octanol–water partition coefficient (Wildman–Crippen LogP) is 2.31. The van der Waals surface area contributed by atoms with E-state index in [-0.39, 0.29) is 18.0 Å². The highest BCUT2D eigenvalue weighted by Crippen LogP contribution is 2.32. The van der Waals surface area contributed by atoms with Gasteiger partial charge in [0.25, 0.3) is 5.91 Å². The normalized spacial score (nSPS) is 21.2. The predicted molar refractivity (Wildman–Crippen MR) is 82.4 cm³/mol. The van der Waals surface area contributed by atoms with E-state index in [2.05, 4.69) is 26.6 Å².